The first-order chi connectivity index (χ1) is 9.79. The Labute approximate surface area is 126 Å². The molecule has 7 nitrogen and oxygen atoms in total. The van der Waals surface area contributed by atoms with Gasteiger partial charge < -0.3 is 10.0 Å². The molecule has 112 valence electrons. The van der Waals surface area contributed by atoms with Crippen LogP contribution >= 0.6 is 11.6 Å². The number of hydrogen-bond donors (Lipinski definition) is 1. The topological polar surface area (TPSA) is 107 Å². The first-order valence-corrected chi connectivity index (χ1v) is 6.52. The molecule has 0 saturated carbocycles. The van der Waals surface area contributed by atoms with Crippen molar-refractivity contribution in [2.45, 2.75) is 26.3 Å². The van der Waals surface area contributed by atoms with E-state index in [0.29, 0.717) is 0 Å². The van der Waals surface area contributed by atoms with Gasteiger partial charge in [0.25, 0.3) is 5.69 Å². The maximum absolute atomic E-state index is 11.4. The molecule has 0 unspecified atom stereocenters. The number of carboxylic acid groups (broad SMARTS) is 1. The van der Waals surface area contributed by atoms with Gasteiger partial charge in [-0.2, -0.15) is 5.26 Å². The van der Waals surface area contributed by atoms with Gasteiger partial charge in [0.1, 0.15) is 0 Å². The predicted molar refractivity (Wildman–Crippen MR) is 77.8 cm³/mol. The SMILES string of the molecule is CC(C)N(CCC#N)c1c(Cl)cc([N+](=O)[O-])cc1C(=O)O. The summed E-state index contributed by atoms with van der Waals surface area (Å²) in [5.74, 6) is -1.31. The Morgan fingerprint density at radius 3 is 2.62 bits per heavy atom. The number of anilines is 1. The number of carbonyl (C=O) groups is 1. The zero-order chi connectivity index (χ0) is 16.2. The molecule has 0 spiro atoms. The van der Waals surface area contributed by atoms with Gasteiger partial charge in [0.05, 0.1) is 33.7 Å². The molecule has 0 aliphatic rings. The Bertz CT molecular complexity index is 610. The molecule has 1 aromatic rings. The van der Waals surface area contributed by atoms with Crippen LogP contribution in [0.5, 0.6) is 0 Å². The van der Waals surface area contributed by atoms with Crippen molar-refractivity contribution in [2.75, 3.05) is 11.4 Å². The monoisotopic (exact) mass is 311 g/mol. The number of benzene rings is 1. The molecule has 1 aromatic carbocycles. The van der Waals surface area contributed by atoms with Crippen LogP contribution in [0.1, 0.15) is 30.6 Å². The summed E-state index contributed by atoms with van der Waals surface area (Å²) in [5.41, 5.74) is -0.439. The molecular weight excluding hydrogens is 298 g/mol. The van der Waals surface area contributed by atoms with Crippen molar-refractivity contribution in [3.63, 3.8) is 0 Å². The maximum atomic E-state index is 11.4. The molecule has 0 aliphatic carbocycles. The van der Waals surface area contributed by atoms with Crippen LogP contribution in [0.15, 0.2) is 12.1 Å². The zero-order valence-electron chi connectivity index (χ0n) is 11.5. The largest absolute Gasteiger partial charge is 0.478 e. The van der Waals surface area contributed by atoms with Crippen molar-refractivity contribution in [1.82, 2.24) is 0 Å². The van der Waals surface area contributed by atoms with Crippen LogP contribution in [0, 0.1) is 21.4 Å². The van der Waals surface area contributed by atoms with Crippen LogP contribution in [0.25, 0.3) is 0 Å². The summed E-state index contributed by atoms with van der Waals surface area (Å²) in [7, 11) is 0. The van der Waals surface area contributed by atoms with Crippen LogP contribution in [-0.4, -0.2) is 28.6 Å². The van der Waals surface area contributed by atoms with E-state index in [1.54, 1.807) is 4.90 Å². The van der Waals surface area contributed by atoms with Crippen LogP contribution in [0.2, 0.25) is 5.02 Å². The molecule has 0 bridgehead atoms. The molecule has 1 N–H and O–H groups in total. The van der Waals surface area contributed by atoms with Gasteiger partial charge in [0.15, 0.2) is 0 Å². The first kappa shape index (κ1) is 16.7. The van der Waals surface area contributed by atoms with Crippen LogP contribution in [0.3, 0.4) is 0 Å². The van der Waals surface area contributed by atoms with Crippen molar-refractivity contribution in [3.8, 4) is 6.07 Å². The van der Waals surface area contributed by atoms with E-state index in [-0.39, 0.29) is 41.0 Å². The van der Waals surface area contributed by atoms with Gasteiger partial charge in [-0.3, -0.25) is 10.1 Å². The number of halogens is 1. The number of hydrogen-bond acceptors (Lipinski definition) is 5. The number of nitro groups is 1. The van der Waals surface area contributed by atoms with E-state index in [0.717, 1.165) is 12.1 Å². The second-order valence-corrected chi connectivity index (χ2v) is 4.99. The van der Waals surface area contributed by atoms with Crippen molar-refractivity contribution in [3.05, 3.63) is 32.8 Å². The summed E-state index contributed by atoms with van der Waals surface area (Å²) >= 11 is 6.05. The summed E-state index contributed by atoms with van der Waals surface area (Å²) in [6.45, 7) is 3.92. The van der Waals surface area contributed by atoms with E-state index in [1.807, 2.05) is 19.9 Å². The highest BCUT2D eigenvalue weighted by atomic mass is 35.5. The number of aromatic carboxylic acids is 1. The Morgan fingerprint density at radius 2 is 2.19 bits per heavy atom. The molecule has 0 aromatic heterocycles. The van der Waals surface area contributed by atoms with E-state index in [1.165, 1.54) is 0 Å². The number of non-ortho nitro benzene ring substituents is 1. The second-order valence-electron chi connectivity index (χ2n) is 4.58. The summed E-state index contributed by atoms with van der Waals surface area (Å²) in [4.78, 5) is 23.1. The van der Waals surface area contributed by atoms with Crippen molar-refractivity contribution in [1.29, 1.82) is 5.26 Å². The van der Waals surface area contributed by atoms with Crippen molar-refractivity contribution >= 4 is 28.9 Å². The molecule has 0 saturated heterocycles. The minimum absolute atomic E-state index is 0.0201. The molecule has 8 heteroatoms. The van der Waals surface area contributed by atoms with Gasteiger partial charge in [-0.25, -0.2) is 4.79 Å². The normalized spacial score (nSPS) is 10.2. The highest BCUT2D eigenvalue weighted by Gasteiger charge is 2.25. The van der Waals surface area contributed by atoms with Crippen molar-refractivity contribution < 1.29 is 14.8 Å². The van der Waals surface area contributed by atoms with Gasteiger partial charge >= 0.3 is 5.97 Å². The summed E-state index contributed by atoms with van der Waals surface area (Å²) in [6.07, 6.45) is 0.185. The fourth-order valence-corrected chi connectivity index (χ4v) is 2.27. The molecule has 0 heterocycles. The Morgan fingerprint density at radius 1 is 1.57 bits per heavy atom. The summed E-state index contributed by atoms with van der Waals surface area (Å²) in [5, 5.41) is 28.8. The minimum Gasteiger partial charge on any atom is -0.478 e. The molecule has 0 radical (unpaired) electrons. The third-order valence-electron chi connectivity index (χ3n) is 2.86. The summed E-state index contributed by atoms with van der Waals surface area (Å²) in [6, 6.07) is 3.96. The lowest BCUT2D eigenvalue weighted by Crippen LogP contribution is -2.33. The smallest absolute Gasteiger partial charge is 0.338 e. The van der Waals surface area contributed by atoms with E-state index in [2.05, 4.69) is 0 Å². The van der Waals surface area contributed by atoms with Crippen molar-refractivity contribution in [2.24, 2.45) is 0 Å². The van der Waals surface area contributed by atoms with Crippen LogP contribution in [-0.2, 0) is 0 Å². The number of nitrogens with zero attached hydrogens (tertiary/aromatic N) is 3. The van der Waals surface area contributed by atoms with Gasteiger partial charge in [0, 0.05) is 24.7 Å². The molecule has 0 amide bonds. The quantitative estimate of drug-likeness (QED) is 0.639. The lowest BCUT2D eigenvalue weighted by atomic mass is 10.1. The van der Waals surface area contributed by atoms with E-state index < -0.39 is 10.9 Å². The molecule has 0 aliphatic heterocycles. The van der Waals surface area contributed by atoms with Gasteiger partial charge in [-0.1, -0.05) is 11.6 Å². The average molecular weight is 312 g/mol. The van der Waals surface area contributed by atoms with E-state index in [4.69, 9.17) is 16.9 Å². The Balaban J connectivity index is 3.48. The second kappa shape index (κ2) is 6.90. The summed E-state index contributed by atoms with van der Waals surface area (Å²) < 4.78 is 0. The fraction of sp³-hybridized carbons (Fsp3) is 0.385. The maximum Gasteiger partial charge on any atom is 0.338 e. The third-order valence-corrected chi connectivity index (χ3v) is 3.15. The number of carboxylic acids is 1. The first-order valence-electron chi connectivity index (χ1n) is 6.14. The van der Waals surface area contributed by atoms with Crippen LogP contribution < -0.4 is 4.90 Å². The Kier molecular flexibility index (Phi) is 5.50. The fourth-order valence-electron chi connectivity index (χ4n) is 1.94. The molecule has 0 fully saturated rings. The molecular formula is C13H14ClN3O4. The third kappa shape index (κ3) is 3.83. The number of nitriles is 1. The van der Waals surface area contributed by atoms with Gasteiger partial charge in [-0.05, 0) is 13.8 Å². The standard InChI is InChI=1S/C13H14ClN3O4/c1-8(2)16(5-3-4-15)12-10(13(18)19)6-9(17(20)21)7-11(12)14/h6-8H,3,5H2,1-2H3,(H,18,19). The number of rotatable bonds is 6. The highest BCUT2D eigenvalue weighted by molar-refractivity contribution is 6.34. The molecule has 21 heavy (non-hydrogen) atoms. The average Bonchev–Trinajstić information content (AvgIpc) is 2.39. The molecule has 1 rings (SSSR count). The zero-order valence-corrected chi connectivity index (χ0v) is 12.3. The highest BCUT2D eigenvalue weighted by Crippen LogP contribution is 2.35. The van der Waals surface area contributed by atoms with E-state index in [9.17, 15) is 20.0 Å². The van der Waals surface area contributed by atoms with Gasteiger partial charge in [0.2, 0.25) is 0 Å². The number of nitro benzene ring substituents is 1. The van der Waals surface area contributed by atoms with Crippen LogP contribution in [0.4, 0.5) is 11.4 Å². The minimum atomic E-state index is -1.31. The lowest BCUT2D eigenvalue weighted by molar-refractivity contribution is -0.384. The lowest BCUT2D eigenvalue weighted by Gasteiger charge is -2.30. The predicted octanol–water partition coefficient (Wildman–Crippen LogP) is 3.07. The Hall–Kier alpha value is -2.33. The van der Waals surface area contributed by atoms with E-state index >= 15 is 0 Å². The molecule has 0 atom stereocenters. The van der Waals surface area contributed by atoms with Gasteiger partial charge in [-0.15, -0.1) is 0 Å².